The molecule has 0 aromatic rings. The largest absolute Gasteiger partial charge is 0.331 e. The predicted molar refractivity (Wildman–Crippen MR) is 63.0 cm³/mol. The van der Waals surface area contributed by atoms with E-state index in [1.807, 2.05) is 6.08 Å². The first-order valence-corrected chi connectivity index (χ1v) is 5.09. The average molecular weight is 190 g/mol. The highest BCUT2D eigenvalue weighted by Gasteiger charge is 2.06. The van der Waals surface area contributed by atoms with Crippen molar-refractivity contribution >= 4 is 0 Å². The normalized spacial score (nSPS) is 26.9. The van der Waals surface area contributed by atoms with Crippen molar-refractivity contribution in [1.29, 1.82) is 0 Å². The van der Waals surface area contributed by atoms with Crippen LogP contribution in [0.3, 0.4) is 0 Å². The van der Waals surface area contributed by atoms with Gasteiger partial charge in [0.1, 0.15) is 0 Å². The monoisotopic (exact) mass is 190 g/mol. The van der Waals surface area contributed by atoms with Crippen molar-refractivity contribution in [2.45, 2.75) is 6.42 Å². The Balaban J connectivity index is 2.52. The number of nitrogens with zero attached hydrogens (tertiary/aromatic N) is 1. The van der Waals surface area contributed by atoms with E-state index in [2.05, 4.69) is 57.6 Å². The number of quaternary nitrogens is 1. The van der Waals surface area contributed by atoms with Gasteiger partial charge in [0.2, 0.25) is 0 Å². The Hall–Kier alpha value is -1.08. The molecule has 0 saturated heterocycles. The lowest BCUT2D eigenvalue weighted by Crippen LogP contribution is -2.35. The maximum absolute atomic E-state index is 2.23. The third kappa shape index (κ3) is 4.83. The molecule has 0 fully saturated rings. The first-order valence-electron chi connectivity index (χ1n) is 5.09. The molecule has 0 radical (unpaired) electrons. The molecule has 1 aliphatic carbocycles. The molecule has 0 saturated carbocycles. The van der Waals surface area contributed by atoms with Gasteiger partial charge in [0.25, 0.3) is 0 Å². The van der Waals surface area contributed by atoms with Gasteiger partial charge in [-0.1, -0.05) is 42.5 Å². The molecule has 0 aromatic carbocycles. The van der Waals surface area contributed by atoms with E-state index in [1.165, 1.54) is 12.1 Å². The molecule has 0 aromatic heterocycles. The number of allylic oxidation sites excluding steroid dienone is 7. The number of hydrogen-bond donors (Lipinski definition) is 0. The quantitative estimate of drug-likeness (QED) is 0.600. The van der Waals surface area contributed by atoms with E-state index in [1.54, 1.807) is 0 Å². The highest BCUT2D eigenvalue weighted by atomic mass is 15.3. The third-order valence-corrected chi connectivity index (χ3v) is 2.14. The molecule has 0 bridgehead atoms. The molecule has 76 valence electrons. The van der Waals surface area contributed by atoms with Gasteiger partial charge in [-0.15, -0.1) is 0 Å². The Bertz CT molecular complexity index is 285. The molecule has 0 amide bonds. The van der Waals surface area contributed by atoms with Gasteiger partial charge in [0.15, 0.2) is 0 Å². The maximum Gasteiger partial charge on any atom is 0.0821 e. The zero-order chi connectivity index (χ0) is 10.4. The van der Waals surface area contributed by atoms with Crippen molar-refractivity contribution in [2.24, 2.45) is 0 Å². The van der Waals surface area contributed by atoms with E-state index in [4.69, 9.17) is 0 Å². The fourth-order valence-electron chi connectivity index (χ4n) is 1.24. The second kappa shape index (κ2) is 4.97. The van der Waals surface area contributed by atoms with Crippen LogP contribution in [-0.4, -0.2) is 32.2 Å². The summed E-state index contributed by atoms with van der Waals surface area (Å²) < 4.78 is 1.02. The van der Waals surface area contributed by atoms with E-state index >= 15 is 0 Å². The van der Waals surface area contributed by atoms with E-state index in [9.17, 15) is 0 Å². The Morgan fingerprint density at radius 1 is 0.929 bits per heavy atom. The smallest absolute Gasteiger partial charge is 0.0821 e. The lowest BCUT2D eigenvalue weighted by atomic mass is 10.1. The number of hydrogen-bond acceptors (Lipinski definition) is 0. The second-order valence-corrected chi connectivity index (χ2v) is 4.63. The van der Waals surface area contributed by atoms with Gasteiger partial charge in [-0.25, -0.2) is 0 Å². The first-order chi connectivity index (χ1) is 6.58. The van der Waals surface area contributed by atoms with Gasteiger partial charge in [0, 0.05) is 6.42 Å². The van der Waals surface area contributed by atoms with Crippen molar-refractivity contribution in [2.75, 3.05) is 27.7 Å². The molecule has 0 N–H and O–H groups in total. The lowest BCUT2D eigenvalue weighted by molar-refractivity contribution is -0.870. The summed E-state index contributed by atoms with van der Waals surface area (Å²) in [6, 6.07) is 0. The van der Waals surface area contributed by atoms with E-state index < -0.39 is 0 Å². The molecule has 0 heterocycles. The molecule has 0 atom stereocenters. The van der Waals surface area contributed by atoms with Crippen LogP contribution < -0.4 is 0 Å². The summed E-state index contributed by atoms with van der Waals surface area (Å²) in [4.78, 5) is 0. The lowest BCUT2D eigenvalue weighted by Gasteiger charge is -2.23. The van der Waals surface area contributed by atoms with Crippen LogP contribution in [0.1, 0.15) is 6.42 Å². The Labute approximate surface area is 87.3 Å². The van der Waals surface area contributed by atoms with Gasteiger partial charge in [0.05, 0.1) is 27.7 Å². The zero-order valence-corrected chi connectivity index (χ0v) is 9.40. The molecular weight excluding hydrogens is 170 g/mol. The van der Waals surface area contributed by atoms with Crippen molar-refractivity contribution in [3.8, 4) is 0 Å². The summed E-state index contributed by atoms with van der Waals surface area (Å²) in [5.74, 6) is 0. The predicted octanol–water partition coefficient (Wildman–Crippen LogP) is 2.69. The van der Waals surface area contributed by atoms with Crippen molar-refractivity contribution < 1.29 is 4.48 Å². The summed E-state index contributed by atoms with van der Waals surface area (Å²) in [6.07, 6.45) is 15.9. The fourth-order valence-corrected chi connectivity index (χ4v) is 1.24. The highest BCUT2D eigenvalue weighted by Crippen LogP contribution is 2.08. The van der Waals surface area contributed by atoms with Crippen LogP contribution in [0.4, 0.5) is 0 Å². The molecule has 1 heteroatoms. The van der Waals surface area contributed by atoms with E-state index in [0.29, 0.717) is 0 Å². The van der Waals surface area contributed by atoms with Gasteiger partial charge >= 0.3 is 0 Å². The maximum atomic E-state index is 2.23. The molecule has 1 nitrogen and oxygen atoms in total. The van der Waals surface area contributed by atoms with Crippen LogP contribution >= 0.6 is 0 Å². The van der Waals surface area contributed by atoms with Crippen LogP contribution in [0.2, 0.25) is 0 Å². The minimum atomic E-state index is 1.02. The Kier molecular flexibility index (Phi) is 3.90. The van der Waals surface area contributed by atoms with Crippen LogP contribution in [0.15, 0.2) is 48.1 Å². The van der Waals surface area contributed by atoms with Gasteiger partial charge < -0.3 is 4.48 Å². The molecular formula is C13H20N+. The molecule has 0 unspecified atom stereocenters. The minimum Gasteiger partial charge on any atom is -0.331 e. The molecule has 14 heavy (non-hydrogen) atoms. The van der Waals surface area contributed by atoms with Crippen molar-refractivity contribution in [3.05, 3.63) is 48.1 Å². The van der Waals surface area contributed by atoms with Crippen LogP contribution in [0, 0.1) is 0 Å². The van der Waals surface area contributed by atoms with E-state index in [0.717, 1.165) is 10.9 Å². The topological polar surface area (TPSA) is 0 Å². The summed E-state index contributed by atoms with van der Waals surface area (Å²) in [6.45, 7) is 1.17. The van der Waals surface area contributed by atoms with Crippen LogP contribution in [0.5, 0.6) is 0 Å². The van der Waals surface area contributed by atoms with Gasteiger partial charge in [-0.2, -0.15) is 0 Å². The third-order valence-electron chi connectivity index (χ3n) is 2.14. The number of rotatable bonds is 3. The molecule has 0 aliphatic heterocycles. The average Bonchev–Trinajstić information content (AvgIpc) is 2.00. The summed E-state index contributed by atoms with van der Waals surface area (Å²) in [5.41, 5.74) is 1.40. The highest BCUT2D eigenvalue weighted by molar-refractivity contribution is 5.30. The standard InChI is InChI=1S/C13H20N/c1-14(2,3)12-11-13-9-7-5-4-6-8-10-13/h4-10H,11-12H2,1-3H3/q+1/b5-4-,6-4?,7-5?,8-6-,9-7-,10-8?,13-9?,13-10+. The molecule has 1 aliphatic rings. The Morgan fingerprint density at radius 2 is 1.57 bits per heavy atom. The molecule has 0 spiro atoms. The minimum absolute atomic E-state index is 1.02. The van der Waals surface area contributed by atoms with E-state index in [-0.39, 0.29) is 0 Å². The van der Waals surface area contributed by atoms with Gasteiger partial charge in [-0.3, -0.25) is 0 Å². The summed E-state index contributed by atoms with van der Waals surface area (Å²) in [7, 11) is 6.68. The van der Waals surface area contributed by atoms with Crippen LogP contribution in [0.25, 0.3) is 0 Å². The summed E-state index contributed by atoms with van der Waals surface area (Å²) in [5, 5.41) is 0. The first kappa shape index (κ1) is 11.0. The summed E-state index contributed by atoms with van der Waals surface area (Å²) >= 11 is 0. The Morgan fingerprint density at radius 3 is 2.29 bits per heavy atom. The zero-order valence-electron chi connectivity index (χ0n) is 9.40. The molecule has 1 rings (SSSR count). The van der Waals surface area contributed by atoms with Crippen molar-refractivity contribution in [3.63, 3.8) is 0 Å². The second-order valence-electron chi connectivity index (χ2n) is 4.63. The SMILES string of the molecule is C[N+](C)(C)CCC1=C/C=C\C=C/C=C\1. The fraction of sp³-hybridized carbons (Fsp3) is 0.385. The van der Waals surface area contributed by atoms with Crippen LogP contribution in [-0.2, 0) is 0 Å². The van der Waals surface area contributed by atoms with Crippen molar-refractivity contribution in [1.82, 2.24) is 0 Å². The van der Waals surface area contributed by atoms with Gasteiger partial charge in [-0.05, 0) is 5.57 Å².